The number of hydrogen-bond donors (Lipinski definition) is 2. The van der Waals surface area contributed by atoms with Gasteiger partial charge in [-0.05, 0) is 41.7 Å². The highest BCUT2D eigenvalue weighted by atomic mass is 127. The Morgan fingerprint density at radius 2 is 1.67 bits per heavy atom. The van der Waals surface area contributed by atoms with Gasteiger partial charge in [0.15, 0.2) is 15.8 Å². The van der Waals surface area contributed by atoms with Gasteiger partial charge in [-0.3, -0.25) is 4.99 Å². The molecule has 6 nitrogen and oxygen atoms in total. The average Bonchev–Trinajstić information content (AvgIpc) is 2.69. The maximum absolute atomic E-state index is 11.5. The molecule has 0 heterocycles. The van der Waals surface area contributed by atoms with E-state index < -0.39 is 9.84 Å². The number of nitrogens with one attached hydrogen (secondary N) is 2. The zero-order chi connectivity index (χ0) is 21.3. The summed E-state index contributed by atoms with van der Waals surface area (Å²) in [6, 6.07) is 15.1. The molecule has 0 unspecified atom stereocenters. The molecule has 30 heavy (non-hydrogen) atoms. The lowest BCUT2D eigenvalue weighted by Gasteiger charge is -2.15. The molecule has 0 saturated heterocycles. The van der Waals surface area contributed by atoms with Crippen LogP contribution in [0.15, 0.2) is 58.4 Å². The molecule has 0 aromatic heterocycles. The van der Waals surface area contributed by atoms with Crippen LogP contribution in [0, 0.1) is 0 Å². The fraction of sp³-hybridized carbons (Fsp3) is 0.409. The maximum Gasteiger partial charge on any atom is 0.191 e. The Hall–Kier alpha value is -1.81. The first kappa shape index (κ1) is 26.2. The van der Waals surface area contributed by atoms with Gasteiger partial charge in [0.2, 0.25) is 0 Å². The van der Waals surface area contributed by atoms with Crippen molar-refractivity contribution < 1.29 is 13.2 Å². The number of guanidine groups is 1. The van der Waals surface area contributed by atoms with Crippen molar-refractivity contribution in [1.82, 2.24) is 10.6 Å². The molecular formula is C22H32IN3O3S. The van der Waals surface area contributed by atoms with Gasteiger partial charge < -0.3 is 15.4 Å². The number of para-hydroxylation sites is 1. The maximum atomic E-state index is 11.5. The molecule has 0 atom stereocenters. The SMILES string of the molecule is CN=C(NCCOc1ccccc1C(C)C)NCCc1ccc(S(C)(=O)=O)cc1.I. The molecule has 0 aliphatic heterocycles. The Bertz CT molecular complexity index is 913. The lowest BCUT2D eigenvalue weighted by atomic mass is 10.0. The van der Waals surface area contributed by atoms with Crippen LogP contribution in [0.25, 0.3) is 0 Å². The van der Waals surface area contributed by atoms with E-state index in [1.165, 1.54) is 11.8 Å². The molecule has 0 radical (unpaired) electrons. The quantitative estimate of drug-likeness (QED) is 0.218. The summed E-state index contributed by atoms with van der Waals surface area (Å²) in [6.45, 7) is 6.17. The highest BCUT2D eigenvalue weighted by molar-refractivity contribution is 14.0. The van der Waals surface area contributed by atoms with Crippen LogP contribution >= 0.6 is 24.0 Å². The Morgan fingerprint density at radius 1 is 1.03 bits per heavy atom. The molecule has 0 bridgehead atoms. The largest absolute Gasteiger partial charge is 0.491 e. The van der Waals surface area contributed by atoms with Crippen molar-refractivity contribution in [1.29, 1.82) is 0 Å². The van der Waals surface area contributed by atoms with Crippen LogP contribution < -0.4 is 15.4 Å². The summed E-state index contributed by atoms with van der Waals surface area (Å²) in [5, 5.41) is 6.49. The molecule has 0 saturated carbocycles. The first-order chi connectivity index (χ1) is 13.8. The minimum atomic E-state index is -3.15. The highest BCUT2D eigenvalue weighted by Gasteiger charge is 2.07. The lowest BCUT2D eigenvalue weighted by Crippen LogP contribution is -2.40. The topological polar surface area (TPSA) is 79.8 Å². The second-order valence-corrected chi connectivity index (χ2v) is 9.15. The number of aliphatic imine (C=N–C) groups is 1. The van der Waals surface area contributed by atoms with Gasteiger partial charge in [-0.25, -0.2) is 8.42 Å². The Labute approximate surface area is 197 Å². The minimum absolute atomic E-state index is 0. The van der Waals surface area contributed by atoms with Crippen molar-refractivity contribution in [2.24, 2.45) is 4.99 Å². The van der Waals surface area contributed by atoms with Gasteiger partial charge in [0.25, 0.3) is 0 Å². The van der Waals surface area contributed by atoms with Crippen molar-refractivity contribution in [3.05, 3.63) is 59.7 Å². The zero-order valence-corrected chi connectivity index (χ0v) is 21.2. The van der Waals surface area contributed by atoms with Gasteiger partial charge in [-0.15, -0.1) is 24.0 Å². The van der Waals surface area contributed by atoms with E-state index in [2.05, 4.69) is 35.5 Å². The summed E-state index contributed by atoms with van der Waals surface area (Å²) in [4.78, 5) is 4.55. The lowest BCUT2D eigenvalue weighted by molar-refractivity contribution is 0.317. The van der Waals surface area contributed by atoms with E-state index in [4.69, 9.17) is 4.74 Å². The summed E-state index contributed by atoms with van der Waals surface area (Å²) in [5.41, 5.74) is 2.27. The van der Waals surface area contributed by atoms with Crippen LogP contribution in [-0.4, -0.2) is 47.4 Å². The van der Waals surface area contributed by atoms with E-state index in [0.717, 1.165) is 17.7 Å². The van der Waals surface area contributed by atoms with Crippen molar-refractivity contribution >= 4 is 39.8 Å². The molecule has 0 aliphatic rings. The van der Waals surface area contributed by atoms with Crippen LogP contribution in [0.4, 0.5) is 0 Å². The van der Waals surface area contributed by atoms with Crippen LogP contribution in [-0.2, 0) is 16.3 Å². The highest BCUT2D eigenvalue weighted by Crippen LogP contribution is 2.25. The van der Waals surface area contributed by atoms with Gasteiger partial charge in [0.05, 0.1) is 11.4 Å². The number of halogens is 1. The van der Waals surface area contributed by atoms with E-state index in [1.807, 2.05) is 30.3 Å². The Kier molecular flexibility index (Phi) is 11.2. The first-order valence-electron chi connectivity index (χ1n) is 9.76. The van der Waals surface area contributed by atoms with Crippen molar-refractivity contribution in [3.63, 3.8) is 0 Å². The summed E-state index contributed by atoms with van der Waals surface area (Å²) in [6.07, 6.45) is 1.98. The second kappa shape index (κ2) is 12.8. The molecule has 0 fully saturated rings. The van der Waals surface area contributed by atoms with Crippen molar-refractivity contribution in [3.8, 4) is 5.75 Å². The number of rotatable bonds is 9. The summed E-state index contributed by atoms with van der Waals surface area (Å²) in [7, 11) is -1.43. The molecule has 166 valence electrons. The van der Waals surface area contributed by atoms with Crippen molar-refractivity contribution in [2.45, 2.75) is 31.1 Å². The fourth-order valence-corrected chi connectivity index (χ4v) is 3.50. The molecule has 0 aliphatic carbocycles. The molecule has 0 spiro atoms. The van der Waals surface area contributed by atoms with E-state index in [-0.39, 0.29) is 24.0 Å². The predicted octanol–water partition coefficient (Wildman–Crippen LogP) is 3.62. The smallest absolute Gasteiger partial charge is 0.191 e. The molecular weight excluding hydrogens is 513 g/mol. The number of hydrogen-bond acceptors (Lipinski definition) is 4. The van der Waals surface area contributed by atoms with Crippen LogP contribution in [0.1, 0.15) is 30.9 Å². The van der Waals surface area contributed by atoms with Crippen LogP contribution in [0.3, 0.4) is 0 Å². The van der Waals surface area contributed by atoms with Gasteiger partial charge in [-0.2, -0.15) is 0 Å². The van der Waals surface area contributed by atoms with Gasteiger partial charge >= 0.3 is 0 Å². The molecule has 0 amide bonds. The van der Waals surface area contributed by atoms with Gasteiger partial charge in [-0.1, -0.05) is 44.2 Å². The average molecular weight is 545 g/mol. The summed E-state index contributed by atoms with van der Waals surface area (Å²) < 4.78 is 28.9. The number of ether oxygens (including phenoxy) is 1. The fourth-order valence-electron chi connectivity index (χ4n) is 2.87. The minimum Gasteiger partial charge on any atom is -0.491 e. The summed E-state index contributed by atoms with van der Waals surface area (Å²) >= 11 is 0. The third-order valence-corrected chi connectivity index (χ3v) is 5.60. The second-order valence-electron chi connectivity index (χ2n) is 7.13. The molecule has 2 aromatic rings. The third kappa shape index (κ3) is 8.51. The third-order valence-electron chi connectivity index (χ3n) is 4.47. The monoisotopic (exact) mass is 545 g/mol. The Balaban J connectivity index is 0.00000450. The summed E-state index contributed by atoms with van der Waals surface area (Å²) in [5.74, 6) is 2.04. The Morgan fingerprint density at radius 3 is 2.27 bits per heavy atom. The first-order valence-corrected chi connectivity index (χ1v) is 11.7. The van der Waals surface area contributed by atoms with Gasteiger partial charge in [0.1, 0.15) is 12.4 Å². The van der Waals surface area contributed by atoms with Crippen molar-refractivity contribution in [2.75, 3.05) is 33.0 Å². The number of nitrogens with zero attached hydrogens (tertiary/aromatic N) is 1. The molecule has 2 rings (SSSR count). The molecule has 8 heteroatoms. The normalized spacial score (nSPS) is 11.7. The molecule has 2 N–H and O–H groups in total. The van der Waals surface area contributed by atoms with E-state index in [0.29, 0.717) is 36.5 Å². The molecule has 2 aromatic carbocycles. The van der Waals surface area contributed by atoms with E-state index in [9.17, 15) is 8.42 Å². The predicted molar refractivity (Wildman–Crippen MR) is 134 cm³/mol. The van der Waals surface area contributed by atoms with Crippen LogP contribution in [0.2, 0.25) is 0 Å². The standard InChI is InChI=1S/C22H31N3O3S.HI/c1-17(2)20-7-5-6-8-21(20)28-16-15-25-22(23-3)24-14-13-18-9-11-19(12-10-18)29(4,26)27;/h5-12,17H,13-16H2,1-4H3,(H2,23,24,25);1H. The van der Waals surface area contributed by atoms with E-state index >= 15 is 0 Å². The van der Waals surface area contributed by atoms with E-state index in [1.54, 1.807) is 19.2 Å². The number of benzene rings is 2. The van der Waals surface area contributed by atoms with Crippen LogP contribution in [0.5, 0.6) is 5.75 Å². The number of sulfone groups is 1. The zero-order valence-electron chi connectivity index (χ0n) is 18.0. The van der Waals surface area contributed by atoms with Gasteiger partial charge in [0, 0.05) is 19.8 Å².